The summed E-state index contributed by atoms with van der Waals surface area (Å²) in [6.07, 6.45) is 3.06. The number of rotatable bonds is 7. The molecule has 1 aliphatic heterocycles. The Bertz CT molecular complexity index is 1500. The molecule has 1 amide bonds. The third-order valence-electron chi connectivity index (χ3n) is 5.88. The molecule has 5 heterocycles. The molecule has 172 valence electrons. The number of furan rings is 1. The van der Waals surface area contributed by atoms with Crippen molar-refractivity contribution < 1.29 is 22.4 Å². The molecule has 4 aromatic rings. The minimum atomic E-state index is -3.46. The number of methoxy groups -OCH3 is 1. The number of pyridine rings is 1. The summed E-state index contributed by atoms with van der Waals surface area (Å²) in [7, 11) is -1.91. The van der Waals surface area contributed by atoms with E-state index in [1.54, 1.807) is 48.2 Å². The summed E-state index contributed by atoms with van der Waals surface area (Å²) in [6.45, 7) is 0.814. The molecule has 1 saturated heterocycles. The molecule has 0 radical (unpaired) electrons. The van der Waals surface area contributed by atoms with Crippen LogP contribution in [0, 0.1) is 0 Å². The number of nitrogens with zero attached hydrogens (tertiary/aromatic N) is 4. The molecule has 0 bridgehead atoms. The highest BCUT2D eigenvalue weighted by atomic mass is 32.2. The summed E-state index contributed by atoms with van der Waals surface area (Å²) < 4.78 is 38.7. The summed E-state index contributed by atoms with van der Waals surface area (Å²) in [6, 6.07) is 10.0. The summed E-state index contributed by atoms with van der Waals surface area (Å²) in [5.41, 5.74) is 0.876. The average molecular weight is 471 g/mol. The van der Waals surface area contributed by atoms with E-state index in [2.05, 4.69) is 4.98 Å². The van der Waals surface area contributed by atoms with Gasteiger partial charge in [0.2, 0.25) is 0 Å². The van der Waals surface area contributed by atoms with Crippen LogP contribution in [0.3, 0.4) is 0 Å². The van der Waals surface area contributed by atoms with Gasteiger partial charge in [-0.2, -0.15) is 0 Å². The van der Waals surface area contributed by atoms with Crippen molar-refractivity contribution in [3.05, 3.63) is 70.7 Å². The van der Waals surface area contributed by atoms with Crippen LogP contribution in [0.5, 0.6) is 0 Å². The molecule has 0 aliphatic carbocycles. The van der Waals surface area contributed by atoms with E-state index >= 15 is 0 Å². The minimum absolute atomic E-state index is 0.0854. The SMILES string of the molecule is COCCn1c(C(=O)N2CC(S(=O)(=O)Cc3ccco3)C2)cc2c(=O)n3ccccc3nc21. The van der Waals surface area contributed by atoms with Crippen LogP contribution in [0.15, 0.2) is 58.1 Å². The normalized spacial score (nSPS) is 14.8. The second kappa shape index (κ2) is 8.16. The van der Waals surface area contributed by atoms with E-state index in [0.29, 0.717) is 35.6 Å². The molecule has 1 fully saturated rings. The van der Waals surface area contributed by atoms with Crippen molar-refractivity contribution in [3.63, 3.8) is 0 Å². The van der Waals surface area contributed by atoms with Crippen LogP contribution in [-0.4, -0.2) is 65.2 Å². The Balaban J connectivity index is 1.45. The van der Waals surface area contributed by atoms with Gasteiger partial charge in [-0.25, -0.2) is 13.4 Å². The molecule has 33 heavy (non-hydrogen) atoms. The Morgan fingerprint density at radius 2 is 2.06 bits per heavy atom. The number of hydrogen-bond acceptors (Lipinski definition) is 7. The van der Waals surface area contributed by atoms with E-state index in [-0.39, 0.29) is 36.0 Å². The highest BCUT2D eigenvalue weighted by molar-refractivity contribution is 7.91. The zero-order chi connectivity index (χ0) is 23.2. The van der Waals surface area contributed by atoms with Crippen LogP contribution in [0.25, 0.3) is 16.7 Å². The number of hydrogen-bond donors (Lipinski definition) is 0. The maximum atomic E-state index is 13.3. The van der Waals surface area contributed by atoms with Crippen molar-refractivity contribution in [2.24, 2.45) is 0 Å². The molecule has 0 spiro atoms. The molecule has 10 nitrogen and oxygen atoms in total. The Morgan fingerprint density at radius 3 is 2.79 bits per heavy atom. The van der Waals surface area contributed by atoms with Gasteiger partial charge in [0.15, 0.2) is 9.84 Å². The molecular weight excluding hydrogens is 448 g/mol. The standard InChI is InChI=1S/C22H22N4O6S/c1-31-10-8-25-18(11-17-20(25)23-19-6-2-3-7-26(19)21(17)27)22(28)24-12-16(13-24)33(29,30)14-15-5-4-9-32-15/h2-7,9,11,16H,8,10,12-14H2,1H3. The smallest absolute Gasteiger partial charge is 0.270 e. The van der Waals surface area contributed by atoms with E-state index in [9.17, 15) is 18.0 Å². The van der Waals surface area contributed by atoms with Crippen molar-refractivity contribution in [1.29, 1.82) is 0 Å². The topological polar surface area (TPSA) is 116 Å². The van der Waals surface area contributed by atoms with E-state index < -0.39 is 15.1 Å². The third-order valence-corrected chi connectivity index (χ3v) is 7.88. The fourth-order valence-corrected chi connectivity index (χ4v) is 5.65. The van der Waals surface area contributed by atoms with Gasteiger partial charge in [0.1, 0.15) is 28.5 Å². The summed E-state index contributed by atoms with van der Waals surface area (Å²) in [5, 5.41) is -0.338. The van der Waals surface area contributed by atoms with Gasteiger partial charge in [-0.05, 0) is 30.3 Å². The van der Waals surface area contributed by atoms with E-state index in [4.69, 9.17) is 9.15 Å². The van der Waals surface area contributed by atoms with Gasteiger partial charge in [-0.15, -0.1) is 0 Å². The first kappa shape index (κ1) is 21.4. The van der Waals surface area contributed by atoms with Gasteiger partial charge in [0.25, 0.3) is 11.5 Å². The quantitative estimate of drug-likeness (QED) is 0.400. The second-order valence-electron chi connectivity index (χ2n) is 7.98. The van der Waals surface area contributed by atoms with Crippen molar-refractivity contribution >= 4 is 32.4 Å². The Labute approximate surface area is 188 Å². The fourth-order valence-electron chi connectivity index (χ4n) is 4.04. The molecule has 4 aromatic heterocycles. The second-order valence-corrected chi connectivity index (χ2v) is 10.3. The maximum Gasteiger partial charge on any atom is 0.270 e. The Morgan fingerprint density at radius 1 is 1.24 bits per heavy atom. The fraction of sp³-hybridized carbons (Fsp3) is 0.318. The number of aromatic nitrogens is 3. The molecule has 1 aliphatic rings. The first-order chi connectivity index (χ1) is 15.9. The lowest BCUT2D eigenvalue weighted by atomic mass is 10.2. The van der Waals surface area contributed by atoms with Crippen LogP contribution >= 0.6 is 0 Å². The molecule has 0 unspecified atom stereocenters. The van der Waals surface area contributed by atoms with Crippen molar-refractivity contribution in [1.82, 2.24) is 18.9 Å². The number of sulfone groups is 1. The van der Waals surface area contributed by atoms with Gasteiger partial charge >= 0.3 is 0 Å². The highest BCUT2D eigenvalue weighted by Gasteiger charge is 2.41. The van der Waals surface area contributed by atoms with E-state index in [1.165, 1.54) is 21.6 Å². The van der Waals surface area contributed by atoms with Crippen LogP contribution < -0.4 is 5.56 Å². The lowest BCUT2D eigenvalue weighted by molar-refractivity contribution is 0.0645. The highest BCUT2D eigenvalue weighted by Crippen LogP contribution is 2.25. The molecule has 0 N–H and O–H groups in total. The van der Waals surface area contributed by atoms with E-state index in [1.807, 2.05) is 0 Å². The van der Waals surface area contributed by atoms with Gasteiger partial charge < -0.3 is 18.6 Å². The van der Waals surface area contributed by atoms with Gasteiger partial charge in [-0.3, -0.25) is 14.0 Å². The monoisotopic (exact) mass is 470 g/mol. The number of ether oxygens (including phenoxy) is 1. The van der Waals surface area contributed by atoms with Crippen LogP contribution in [0.2, 0.25) is 0 Å². The number of likely N-dealkylation sites (tertiary alicyclic amines) is 1. The zero-order valence-electron chi connectivity index (χ0n) is 17.9. The lowest BCUT2D eigenvalue weighted by Gasteiger charge is -2.38. The predicted octanol–water partition coefficient (Wildman–Crippen LogP) is 1.33. The number of carbonyl (C=O) groups excluding carboxylic acids is 1. The van der Waals surface area contributed by atoms with E-state index in [0.717, 1.165) is 0 Å². The maximum absolute atomic E-state index is 13.3. The first-order valence-electron chi connectivity index (χ1n) is 10.4. The predicted molar refractivity (Wildman–Crippen MR) is 120 cm³/mol. The Kier molecular flexibility index (Phi) is 5.29. The van der Waals surface area contributed by atoms with Gasteiger partial charge in [0.05, 0.1) is 23.5 Å². The van der Waals surface area contributed by atoms with Gasteiger partial charge in [0, 0.05) is 32.9 Å². The van der Waals surface area contributed by atoms with Crippen molar-refractivity contribution in [2.45, 2.75) is 17.5 Å². The molecule has 0 atom stereocenters. The number of fused-ring (bicyclic) bond motifs is 2. The lowest BCUT2D eigenvalue weighted by Crippen LogP contribution is -2.57. The number of amides is 1. The van der Waals surface area contributed by atoms with Crippen LogP contribution in [0.1, 0.15) is 16.2 Å². The molecule has 0 aromatic carbocycles. The minimum Gasteiger partial charge on any atom is -0.468 e. The summed E-state index contributed by atoms with van der Waals surface area (Å²) >= 11 is 0. The molecule has 0 saturated carbocycles. The van der Waals surface area contributed by atoms with Crippen molar-refractivity contribution in [3.8, 4) is 0 Å². The molecule has 11 heteroatoms. The first-order valence-corrected chi connectivity index (χ1v) is 12.1. The molecule has 5 rings (SSSR count). The van der Waals surface area contributed by atoms with Crippen LogP contribution in [0.4, 0.5) is 0 Å². The number of carbonyl (C=O) groups is 1. The summed E-state index contributed by atoms with van der Waals surface area (Å²) in [5.74, 6) is -0.172. The Hall–Kier alpha value is -3.44. The zero-order valence-corrected chi connectivity index (χ0v) is 18.7. The average Bonchev–Trinajstić information content (AvgIpc) is 3.38. The van der Waals surface area contributed by atoms with Gasteiger partial charge in [-0.1, -0.05) is 6.07 Å². The van der Waals surface area contributed by atoms with Crippen LogP contribution in [-0.2, 0) is 26.9 Å². The summed E-state index contributed by atoms with van der Waals surface area (Å²) in [4.78, 5) is 32.4. The third kappa shape index (κ3) is 3.72. The molecular formula is C22H22N4O6S. The van der Waals surface area contributed by atoms with Crippen molar-refractivity contribution in [2.75, 3.05) is 26.8 Å². The largest absolute Gasteiger partial charge is 0.468 e.